The van der Waals surface area contributed by atoms with E-state index >= 15 is 0 Å². The van der Waals surface area contributed by atoms with E-state index in [2.05, 4.69) is 44.0 Å². The molecule has 0 bridgehead atoms. The highest BCUT2D eigenvalue weighted by atomic mass is 79.9. The average molecular weight is 382 g/mol. The van der Waals surface area contributed by atoms with Crippen molar-refractivity contribution in [2.45, 2.75) is 42.9 Å². The highest BCUT2D eigenvalue weighted by molar-refractivity contribution is 9.10. The highest BCUT2D eigenvalue weighted by Gasteiger charge is 2.36. The smallest absolute Gasteiger partial charge is 0.207 e. The molecule has 0 heterocycles. The van der Waals surface area contributed by atoms with Crippen molar-refractivity contribution in [3.05, 3.63) is 34.3 Å². The highest BCUT2D eigenvalue weighted by Crippen LogP contribution is 2.39. The molecule has 4 heteroatoms. The van der Waals surface area contributed by atoms with E-state index in [0.717, 1.165) is 10.9 Å². The minimum Gasteiger partial charge on any atom is -0.207 e. The molecule has 0 spiro atoms. The van der Waals surface area contributed by atoms with E-state index in [9.17, 15) is 8.78 Å². The van der Waals surface area contributed by atoms with Gasteiger partial charge < -0.3 is 0 Å². The fourth-order valence-electron chi connectivity index (χ4n) is 2.44. The molecule has 0 nitrogen and oxygen atoms in total. The zero-order valence-electron chi connectivity index (χ0n) is 10.0. The van der Waals surface area contributed by atoms with Crippen LogP contribution >= 0.6 is 31.9 Å². The molecule has 1 fully saturated rings. The molecule has 1 aliphatic carbocycles. The van der Waals surface area contributed by atoms with Gasteiger partial charge in [-0.05, 0) is 42.9 Å². The molecule has 0 saturated heterocycles. The van der Waals surface area contributed by atoms with E-state index in [0.29, 0.717) is 23.6 Å². The second kappa shape index (κ2) is 6.00. The summed E-state index contributed by atoms with van der Waals surface area (Å²) in [5.74, 6) is -2.06. The van der Waals surface area contributed by atoms with E-state index in [1.165, 1.54) is 5.56 Å². The first-order valence-corrected chi connectivity index (χ1v) is 7.93. The van der Waals surface area contributed by atoms with Gasteiger partial charge in [0.2, 0.25) is 5.92 Å². The molecule has 1 aromatic carbocycles. The summed E-state index contributed by atoms with van der Waals surface area (Å²) in [6.45, 7) is 0. The third-order valence-electron chi connectivity index (χ3n) is 3.62. The zero-order valence-corrected chi connectivity index (χ0v) is 13.2. The van der Waals surface area contributed by atoms with Crippen LogP contribution in [0.15, 0.2) is 28.7 Å². The van der Waals surface area contributed by atoms with Crippen LogP contribution in [0.4, 0.5) is 8.78 Å². The SMILES string of the molecule is FC1(F)CCC(C(Br)Cc2ccc(Br)cc2)CC1. The molecule has 18 heavy (non-hydrogen) atoms. The molecule has 0 radical (unpaired) electrons. The van der Waals surface area contributed by atoms with Crippen molar-refractivity contribution in [2.24, 2.45) is 5.92 Å². The third-order valence-corrected chi connectivity index (χ3v) is 5.22. The van der Waals surface area contributed by atoms with E-state index in [4.69, 9.17) is 0 Å². The van der Waals surface area contributed by atoms with Gasteiger partial charge in [0.1, 0.15) is 0 Å². The molecule has 1 aliphatic rings. The van der Waals surface area contributed by atoms with Gasteiger partial charge in [-0.3, -0.25) is 0 Å². The topological polar surface area (TPSA) is 0 Å². The summed E-state index contributed by atoms with van der Waals surface area (Å²) in [7, 11) is 0. The number of rotatable bonds is 3. The van der Waals surface area contributed by atoms with E-state index < -0.39 is 5.92 Å². The first-order chi connectivity index (χ1) is 8.46. The van der Waals surface area contributed by atoms with Gasteiger partial charge in [-0.25, -0.2) is 8.78 Å². The third kappa shape index (κ3) is 4.02. The van der Waals surface area contributed by atoms with Crippen LogP contribution in [-0.2, 0) is 6.42 Å². The molecule has 0 aliphatic heterocycles. The van der Waals surface area contributed by atoms with Gasteiger partial charge in [0.05, 0.1) is 0 Å². The first kappa shape index (κ1) is 14.4. The second-order valence-corrected chi connectivity index (χ2v) is 7.13. The number of alkyl halides is 3. The van der Waals surface area contributed by atoms with Crippen molar-refractivity contribution < 1.29 is 8.78 Å². The monoisotopic (exact) mass is 380 g/mol. The minimum atomic E-state index is -2.43. The lowest BCUT2D eigenvalue weighted by molar-refractivity contribution is -0.0456. The van der Waals surface area contributed by atoms with Crippen LogP contribution < -0.4 is 0 Å². The van der Waals surface area contributed by atoms with Crippen molar-refractivity contribution in [1.82, 2.24) is 0 Å². The normalized spacial score (nSPS) is 21.8. The Morgan fingerprint density at radius 3 is 2.28 bits per heavy atom. The van der Waals surface area contributed by atoms with E-state index in [1.54, 1.807) is 0 Å². The van der Waals surface area contributed by atoms with Crippen molar-refractivity contribution in [3.63, 3.8) is 0 Å². The van der Waals surface area contributed by atoms with E-state index in [1.807, 2.05) is 12.1 Å². The summed E-state index contributed by atoms with van der Waals surface area (Å²) in [6, 6.07) is 8.19. The van der Waals surface area contributed by atoms with E-state index in [-0.39, 0.29) is 12.8 Å². The van der Waals surface area contributed by atoms with Crippen LogP contribution in [0.5, 0.6) is 0 Å². The van der Waals surface area contributed by atoms with Gasteiger partial charge in [0, 0.05) is 22.1 Å². The molecule has 1 saturated carbocycles. The van der Waals surface area contributed by atoms with Crippen LogP contribution in [0.1, 0.15) is 31.2 Å². The Labute approximate surface area is 123 Å². The van der Waals surface area contributed by atoms with Gasteiger partial charge in [0.15, 0.2) is 0 Å². The van der Waals surface area contributed by atoms with Crippen LogP contribution in [0.3, 0.4) is 0 Å². The van der Waals surface area contributed by atoms with Crippen LogP contribution in [-0.4, -0.2) is 10.7 Å². The summed E-state index contributed by atoms with van der Waals surface area (Å²) in [4.78, 5) is 0.301. The molecule has 1 atom stereocenters. The molecule has 1 aromatic rings. The summed E-state index contributed by atoms with van der Waals surface area (Å²) >= 11 is 7.08. The molecular weight excluding hydrogens is 366 g/mol. The standard InChI is InChI=1S/C14H16Br2F2/c15-12-3-1-10(2-4-12)9-13(16)11-5-7-14(17,18)8-6-11/h1-4,11,13H,5-9H2. The predicted octanol–water partition coefficient (Wildman–Crippen LogP) is 5.58. The molecule has 0 N–H and O–H groups in total. The molecule has 100 valence electrons. The van der Waals surface area contributed by atoms with Crippen LogP contribution in [0.2, 0.25) is 0 Å². The number of hydrogen-bond donors (Lipinski definition) is 0. The lowest BCUT2D eigenvalue weighted by Gasteiger charge is -2.31. The molecular formula is C14H16Br2F2. The minimum absolute atomic E-state index is 0.0418. The summed E-state index contributed by atoms with van der Waals surface area (Å²) in [5, 5.41) is 0. The molecule has 1 unspecified atom stereocenters. The maximum Gasteiger partial charge on any atom is 0.248 e. The van der Waals surface area contributed by atoms with Crippen molar-refractivity contribution >= 4 is 31.9 Å². The van der Waals surface area contributed by atoms with Crippen molar-refractivity contribution in [1.29, 1.82) is 0 Å². The molecule has 2 rings (SSSR count). The van der Waals surface area contributed by atoms with Crippen molar-refractivity contribution in [3.8, 4) is 0 Å². The Morgan fingerprint density at radius 2 is 1.72 bits per heavy atom. The Bertz CT molecular complexity index is 379. The summed E-state index contributed by atoms with van der Waals surface area (Å²) in [6.07, 6.45) is 2.24. The fourth-order valence-corrected chi connectivity index (χ4v) is 3.60. The lowest BCUT2D eigenvalue weighted by atomic mass is 9.83. The molecule has 0 amide bonds. The largest absolute Gasteiger partial charge is 0.248 e. The van der Waals surface area contributed by atoms with Gasteiger partial charge in [-0.15, -0.1) is 0 Å². The number of halogens is 4. The Hall–Kier alpha value is 0.0400. The van der Waals surface area contributed by atoms with Crippen LogP contribution in [0.25, 0.3) is 0 Å². The van der Waals surface area contributed by atoms with Gasteiger partial charge >= 0.3 is 0 Å². The quantitative estimate of drug-likeness (QED) is 0.599. The van der Waals surface area contributed by atoms with Crippen LogP contribution in [0, 0.1) is 5.92 Å². The van der Waals surface area contributed by atoms with Gasteiger partial charge in [-0.2, -0.15) is 0 Å². The fraction of sp³-hybridized carbons (Fsp3) is 0.571. The zero-order chi connectivity index (χ0) is 13.2. The number of hydrogen-bond acceptors (Lipinski definition) is 0. The molecule has 0 aromatic heterocycles. The average Bonchev–Trinajstić information content (AvgIpc) is 2.32. The van der Waals surface area contributed by atoms with Gasteiger partial charge in [0.25, 0.3) is 0 Å². The second-order valence-electron chi connectivity index (χ2n) is 5.04. The Balaban J connectivity index is 1.89. The summed E-state index contributed by atoms with van der Waals surface area (Å²) < 4.78 is 27.2. The predicted molar refractivity (Wildman–Crippen MR) is 77.5 cm³/mol. The Kier molecular flexibility index (Phi) is 4.81. The summed E-state index contributed by atoms with van der Waals surface area (Å²) in [5.41, 5.74) is 1.25. The van der Waals surface area contributed by atoms with Crippen molar-refractivity contribution in [2.75, 3.05) is 0 Å². The Morgan fingerprint density at radius 1 is 1.17 bits per heavy atom. The first-order valence-electron chi connectivity index (χ1n) is 6.23. The maximum absolute atomic E-state index is 13.1. The van der Waals surface area contributed by atoms with Gasteiger partial charge in [-0.1, -0.05) is 44.0 Å². The number of benzene rings is 1. The lowest BCUT2D eigenvalue weighted by Crippen LogP contribution is -2.29. The maximum atomic E-state index is 13.1.